The molecule has 1 N–H and O–H groups in total. The molecule has 2 rings (SSSR count). The Kier molecular flexibility index (Phi) is 5.48. The van der Waals surface area contributed by atoms with Gasteiger partial charge < -0.3 is 5.32 Å². The Morgan fingerprint density at radius 2 is 1.76 bits per heavy atom. The van der Waals surface area contributed by atoms with Gasteiger partial charge in [-0.2, -0.15) is 0 Å². The van der Waals surface area contributed by atoms with Gasteiger partial charge in [0, 0.05) is 9.50 Å². The monoisotopic (exact) mass is 365 g/mol. The molecule has 0 aliphatic rings. The number of benzene rings is 2. The zero-order chi connectivity index (χ0) is 15.6. The molecule has 0 saturated heterocycles. The fraction of sp³-hybridized carbons (Fsp3) is 0.333. The smallest absolute Gasteiger partial charge is 0.0579 e. The van der Waals surface area contributed by atoms with Crippen LogP contribution in [0.3, 0.4) is 0 Å². The molecule has 2 aromatic carbocycles. The number of rotatable bonds is 4. The molecule has 1 nitrogen and oxygen atoms in total. The van der Waals surface area contributed by atoms with Gasteiger partial charge in [0.1, 0.15) is 0 Å². The SMILES string of the molecule is CCNC(c1ccc(C)c(Cl)c1)c1cc(C)c(Br)cc1C. The van der Waals surface area contributed by atoms with Gasteiger partial charge in [-0.15, -0.1) is 0 Å². The van der Waals surface area contributed by atoms with E-state index in [0.717, 1.165) is 21.6 Å². The molecule has 0 spiro atoms. The normalized spacial score (nSPS) is 12.5. The molecule has 0 radical (unpaired) electrons. The molecule has 0 amide bonds. The molecule has 0 aliphatic heterocycles. The van der Waals surface area contributed by atoms with E-state index >= 15 is 0 Å². The summed E-state index contributed by atoms with van der Waals surface area (Å²) < 4.78 is 1.15. The number of halogens is 2. The van der Waals surface area contributed by atoms with Crippen molar-refractivity contribution in [1.29, 1.82) is 0 Å². The van der Waals surface area contributed by atoms with Crippen LogP contribution in [0.1, 0.15) is 40.8 Å². The van der Waals surface area contributed by atoms with Gasteiger partial charge in [0.2, 0.25) is 0 Å². The molecule has 1 atom stereocenters. The van der Waals surface area contributed by atoms with Gasteiger partial charge in [-0.1, -0.05) is 52.7 Å². The van der Waals surface area contributed by atoms with E-state index in [1.165, 1.54) is 22.3 Å². The first-order chi connectivity index (χ1) is 9.93. The van der Waals surface area contributed by atoms with Crippen LogP contribution in [0.4, 0.5) is 0 Å². The lowest BCUT2D eigenvalue weighted by molar-refractivity contribution is 0.627. The van der Waals surface area contributed by atoms with Gasteiger partial charge in [0.05, 0.1) is 6.04 Å². The van der Waals surface area contributed by atoms with Gasteiger partial charge >= 0.3 is 0 Å². The molecule has 1 unspecified atom stereocenters. The summed E-state index contributed by atoms with van der Waals surface area (Å²) in [6.45, 7) is 9.34. The first-order valence-corrected chi connectivity index (χ1v) is 8.37. The third kappa shape index (κ3) is 3.68. The van der Waals surface area contributed by atoms with Gasteiger partial charge in [-0.3, -0.25) is 0 Å². The second-order valence-corrected chi connectivity index (χ2v) is 6.72. The van der Waals surface area contributed by atoms with Crippen LogP contribution < -0.4 is 5.32 Å². The molecule has 0 heterocycles. The van der Waals surface area contributed by atoms with E-state index in [9.17, 15) is 0 Å². The Morgan fingerprint density at radius 3 is 2.38 bits per heavy atom. The van der Waals surface area contributed by atoms with Crippen LogP contribution in [0.5, 0.6) is 0 Å². The van der Waals surface area contributed by atoms with Gasteiger partial charge in [0.15, 0.2) is 0 Å². The standard InChI is InChI=1S/C18H21BrClN/c1-5-21-18(14-7-6-11(2)17(20)10-14)15-8-13(4)16(19)9-12(15)3/h6-10,18,21H,5H2,1-4H3. The molecule has 112 valence electrons. The van der Waals surface area contributed by atoms with Crippen LogP contribution in [-0.4, -0.2) is 6.54 Å². The van der Waals surface area contributed by atoms with Crippen molar-refractivity contribution in [2.45, 2.75) is 33.7 Å². The maximum atomic E-state index is 6.31. The highest BCUT2D eigenvalue weighted by atomic mass is 79.9. The molecule has 0 fully saturated rings. The van der Waals surface area contributed by atoms with Crippen LogP contribution >= 0.6 is 27.5 Å². The molecular weight excluding hydrogens is 346 g/mol. The fourth-order valence-electron chi connectivity index (χ4n) is 2.51. The summed E-state index contributed by atoms with van der Waals surface area (Å²) in [6.07, 6.45) is 0. The maximum absolute atomic E-state index is 6.31. The average molecular weight is 367 g/mol. The molecular formula is C18H21BrClN. The highest BCUT2D eigenvalue weighted by Crippen LogP contribution is 2.31. The molecule has 0 bridgehead atoms. The van der Waals surface area contributed by atoms with Crippen LogP contribution in [0, 0.1) is 20.8 Å². The topological polar surface area (TPSA) is 12.0 Å². The van der Waals surface area contributed by atoms with Crippen LogP contribution in [0.15, 0.2) is 34.8 Å². The Hall–Kier alpha value is -0.830. The predicted octanol–water partition coefficient (Wildman–Crippen LogP) is 5.73. The van der Waals surface area contributed by atoms with Crippen molar-refractivity contribution in [3.63, 3.8) is 0 Å². The van der Waals surface area contributed by atoms with Gasteiger partial charge in [0.25, 0.3) is 0 Å². The summed E-state index contributed by atoms with van der Waals surface area (Å²) in [6, 6.07) is 10.9. The van der Waals surface area contributed by atoms with Crippen LogP contribution in [-0.2, 0) is 0 Å². The summed E-state index contributed by atoms with van der Waals surface area (Å²) in [5.41, 5.74) is 6.14. The summed E-state index contributed by atoms with van der Waals surface area (Å²) >= 11 is 9.91. The second-order valence-electron chi connectivity index (χ2n) is 5.46. The second kappa shape index (κ2) is 6.95. The average Bonchev–Trinajstić information content (AvgIpc) is 2.44. The summed E-state index contributed by atoms with van der Waals surface area (Å²) in [5.74, 6) is 0. The van der Waals surface area contributed by atoms with Crippen molar-refractivity contribution in [1.82, 2.24) is 5.32 Å². The number of hydrogen-bond donors (Lipinski definition) is 1. The third-order valence-corrected chi connectivity index (χ3v) is 5.06. The van der Waals surface area contributed by atoms with Crippen LogP contribution in [0.25, 0.3) is 0 Å². The lowest BCUT2D eigenvalue weighted by atomic mass is 9.93. The lowest BCUT2D eigenvalue weighted by Crippen LogP contribution is -2.23. The Labute approximate surface area is 140 Å². The van der Waals surface area contributed by atoms with Gasteiger partial charge in [-0.25, -0.2) is 0 Å². The first-order valence-electron chi connectivity index (χ1n) is 7.20. The highest BCUT2D eigenvalue weighted by Gasteiger charge is 2.17. The zero-order valence-electron chi connectivity index (χ0n) is 12.9. The molecule has 0 saturated carbocycles. The van der Waals surface area contributed by atoms with Crippen molar-refractivity contribution in [3.8, 4) is 0 Å². The molecule has 0 aromatic heterocycles. The van der Waals surface area contributed by atoms with E-state index in [1.807, 2.05) is 6.92 Å². The number of hydrogen-bond acceptors (Lipinski definition) is 1. The number of aryl methyl sites for hydroxylation is 3. The van der Waals surface area contributed by atoms with Crippen molar-refractivity contribution >= 4 is 27.5 Å². The molecule has 2 aromatic rings. The van der Waals surface area contributed by atoms with E-state index < -0.39 is 0 Å². The minimum Gasteiger partial charge on any atom is -0.307 e. The number of nitrogens with one attached hydrogen (secondary N) is 1. The first kappa shape index (κ1) is 16.5. The minimum absolute atomic E-state index is 0.167. The minimum atomic E-state index is 0.167. The quantitative estimate of drug-likeness (QED) is 0.729. The molecule has 0 aliphatic carbocycles. The fourth-order valence-corrected chi connectivity index (χ4v) is 3.16. The van der Waals surface area contributed by atoms with Crippen molar-refractivity contribution in [3.05, 3.63) is 67.6 Å². The van der Waals surface area contributed by atoms with E-state index in [1.54, 1.807) is 0 Å². The highest BCUT2D eigenvalue weighted by molar-refractivity contribution is 9.10. The Morgan fingerprint density at radius 1 is 1.05 bits per heavy atom. The predicted molar refractivity (Wildman–Crippen MR) is 95.3 cm³/mol. The molecule has 21 heavy (non-hydrogen) atoms. The third-order valence-electron chi connectivity index (χ3n) is 3.80. The van der Waals surface area contributed by atoms with E-state index in [2.05, 4.69) is 72.3 Å². The Balaban J connectivity index is 2.52. The van der Waals surface area contributed by atoms with Crippen LogP contribution in [0.2, 0.25) is 5.02 Å². The summed E-state index contributed by atoms with van der Waals surface area (Å²) in [5, 5.41) is 4.40. The Bertz CT molecular complexity index is 652. The van der Waals surface area contributed by atoms with E-state index in [0.29, 0.717) is 0 Å². The summed E-state index contributed by atoms with van der Waals surface area (Å²) in [7, 11) is 0. The maximum Gasteiger partial charge on any atom is 0.0579 e. The zero-order valence-corrected chi connectivity index (χ0v) is 15.3. The van der Waals surface area contributed by atoms with E-state index in [4.69, 9.17) is 11.6 Å². The molecule has 3 heteroatoms. The summed E-state index contributed by atoms with van der Waals surface area (Å²) in [4.78, 5) is 0. The lowest BCUT2D eigenvalue weighted by Gasteiger charge is -2.22. The van der Waals surface area contributed by atoms with Crippen molar-refractivity contribution in [2.24, 2.45) is 0 Å². The van der Waals surface area contributed by atoms with Crippen molar-refractivity contribution in [2.75, 3.05) is 6.54 Å². The van der Waals surface area contributed by atoms with E-state index in [-0.39, 0.29) is 6.04 Å². The largest absolute Gasteiger partial charge is 0.307 e. The van der Waals surface area contributed by atoms with Crippen molar-refractivity contribution < 1.29 is 0 Å². The van der Waals surface area contributed by atoms with Gasteiger partial charge in [-0.05, 0) is 67.3 Å².